The topological polar surface area (TPSA) is 103 Å². The average Bonchev–Trinajstić information content (AvgIpc) is 2.36. The molecule has 0 aliphatic carbocycles. The summed E-state index contributed by atoms with van der Waals surface area (Å²) >= 11 is 0. The molecule has 1 rings (SSSR count). The molecule has 1 atom stereocenters. The van der Waals surface area contributed by atoms with Crippen LogP contribution >= 0.6 is 0 Å². The van der Waals surface area contributed by atoms with Gasteiger partial charge in [-0.15, -0.1) is 0 Å². The average molecular weight is 295 g/mol. The summed E-state index contributed by atoms with van der Waals surface area (Å²) in [6.45, 7) is 5.13. The Morgan fingerprint density at radius 1 is 1.38 bits per heavy atom. The summed E-state index contributed by atoms with van der Waals surface area (Å²) < 4.78 is 0. The first kappa shape index (κ1) is 16.9. The number of carbonyl (C=O) groups excluding carboxylic acids is 1. The second-order valence-electron chi connectivity index (χ2n) is 5.23. The Morgan fingerprint density at radius 3 is 2.52 bits per heavy atom. The maximum atomic E-state index is 12.0. The maximum Gasteiger partial charge on any atom is 0.308 e. The van der Waals surface area contributed by atoms with E-state index in [0.717, 1.165) is 0 Å². The van der Waals surface area contributed by atoms with Crippen LogP contribution in [0.4, 0.5) is 0 Å². The lowest BCUT2D eigenvalue weighted by molar-refractivity contribution is -0.142. The van der Waals surface area contributed by atoms with E-state index in [-0.39, 0.29) is 24.4 Å². The summed E-state index contributed by atoms with van der Waals surface area (Å²) in [4.78, 5) is 42.7. The minimum Gasteiger partial charge on any atom is -0.481 e. The van der Waals surface area contributed by atoms with E-state index in [9.17, 15) is 14.4 Å². The number of carbonyl (C=O) groups is 2. The molecule has 1 aromatic heterocycles. The van der Waals surface area contributed by atoms with Gasteiger partial charge in [-0.1, -0.05) is 6.92 Å². The lowest BCUT2D eigenvalue weighted by Gasteiger charge is -2.19. The molecule has 7 heteroatoms. The second-order valence-corrected chi connectivity index (χ2v) is 5.23. The monoisotopic (exact) mass is 295 g/mol. The number of H-pyrrole nitrogens is 1. The quantitative estimate of drug-likeness (QED) is 0.795. The first-order chi connectivity index (χ1) is 9.72. The zero-order chi connectivity index (χ0) is 16.2. The summed E-state index contributed by atoms with van der Waals surface area (Å²) in [7, 11) is 1.56. The summed E-state index contributed by atoms with van der Waals surface area (Å²) in [5.74, 6) is -1.21. The molecule has 0 saturated carbocycles. The van der Waals surface area contributed by atoms with Crippen LogP contribution in [0.15, 0.2) is 4.79 Å². The Bertz CT molecular complexity index is 594. The Kier molecular flexibility index (Phi) is 5.63. The fraction of sp³-hybridized carbons (Fsp3) is 0.571. The van der Waals surface area contributed by atoms with Gasteiger partial charge in [-0.2, -0.15) is 0 Å². The molecule has 1 heterocycles. The van der Waals surface area contributed by atoms with E-state index in [2.05, 4.69) is 9.97 Å². The minimum absolute atomic E-state index is 0.148. The summed E-state index contributed by atoms with van der Waals surface area (Å²) in [5, 5.41) is 8.83. The van der Waals surface area contributed by atoms with E-state index in [1.165, 1.54) is 4.90 Å². The molecule has 0 radical (unpaired) electrons. The summed E-state index contributed by atoms with van der Waals surface area (Å²) in [5.41, 5.74) is 0.883. The highest BCUT2D eigenvalue weighted by Gasteiger charge is 2.18. The third-order valence-corrected chi connectivity index (χ3v) is 3.32. The van der Waals surface area contributed by atoms with Crippen LogP contribution < -0.4 is 5.56 Å². The van der Waals surface area contributed by atoms with Gasteiger partial charge >= 0.3 is 5.97 Å². The summed E-state index contributed by atoms with van der Waals surface area (Å²) in [6.07, 6.45) is 0.441. The van der Waals surface area contributed by atoms with Gasteiger partial charge in [-0.25, -0.2) is 4.98 Å². The molecule has 0 spiro atoms. The number of aromatic nitrogens is 2. The number of aryl methyl sites for hydroxylation is 2. The van der Waals surface area contributed by atoms with Crippen molar-refractivity contribution >= 4 is 11.9 Å². The van der Waals surface area contributed by atoms with Crippen LogP contribution in [0.1, 0.15) is 30.4 Å². The highest BCUT2D eigenvalue weighted by atomic mass is 16.4. The molecule has 7 nitrogen and oxygen atoms in total. The van der Waals surface area contributed by atoms with Crippen molar-refractivity contribution in [2.75, 3.05) is 13.6 Å². The molecule has 1 aromatic rings. The summed E-state index contributed by atoms with van der Waals surface area (Å²) in [6, 6.07) is 0. The van der Waals surface area contributed by atoms with Gasteiger partial charge in [0.05, 0.1) is 5.92 Å². The second kappa shape index (κ2) is 7.01. The molecular formula is C14H21N3O4. The smallest absolute Gasteiger partial charge is 0.308 e. The van der Waals surface area contributed by atoms with Gasteiger partial charge in [0.1, 0.15) is 5.82 Å². The SMILES string of the molecule is Cc1nc(C)c(CCC(=O)N(C)CC(C)C(=O)O)c(=O)[nH]1. The number of amides is 1. The van der Waals surface area contributed by atoms with Gasteiger partial charge in [0.15, 0.2) is 0 Å². The van der Waals surface area contributed by atoms with E-state index in [4.69, 9.17) is 5.11 Å². The van der Waals surface area contributed by atoms with Crippen molar-refractivity contribution in [3.63, 3.8) is 0 Å². The standard InChI is InChI=1S/C14H21N3O4/c1-8(14(20)21)7-17(4)12(18)6-5-11-9(2)15-10(3)16-13(11)19/h8H,5-7H2,1-4H3,(H,20,21)(H,15,16,19). The fourth-order valence-electron chi connectivity index (χ4n) is 2.06. The number of aliphatic carboxylic acids is 1. The molecule has 0 aliphatic heterocycles. The normalized spacial score (nSPS) is 12.0. The number of rotatable bonds is 6. The molecule has 0 saturated heterocycles. The van der Waals surface area contributed by atoms with Gasteiger partial charge < -0.3 is 15.0 Å². The van der Waals surface area contributed by atoms with Crippen LogP contribution in [0.2, 0.25) is 0 Å². The van der Waals surface area contributed by atoms with Crippen LogP contribution in [0.25, 0.3) is 0 Å². The molecule has 1 unspecified atom stereocenters. The van der Waals surface area contributed by atoms with Crippen molar-refractivity contribution in [2.45, 2.75) is 33.6 Å². The van der Waals surface area contributed by atoms with Crippen LogP contribution in [-0.4, -0.2) is 45.4 Å². The number of carboxylic acids is 1. The maximum absolute atomic E-state index is 12.0. The molecule has 1 amide bonds. The number of carboxylic acid groups (broad SMARTS) is 1. The van der Waals surface area contributed by atoms with Gasteiger partial charge in [-0.05, 0) is 20.3 Å². The first-order valence-electron chi connectivity index (χ1n) is 6.75. The highest BCUT2D eigenvalue weighted by Crippen LogP contribution is 2.06. The van der Waals surface area contributed by atoms with Crippen molar-refractivity contribution in [1.82, 2.24) is 14.9 Å². The third-order valence-electron chi connectivity index (χ3n) is 3.32. The zero-order valence-corrected chi connectivity index (χ0v) is 12.8. The van der Waals surface area contributed by atoms with Crippen molar-refractivity contribution in [3.8, 4) is 0 Å². The molecular weight excluding hydrogens is 274 g/mol. The number of hydrogen-bond donors (Lipinski definition) is 2. The lowest BCUT2D eigenvalue weighted by atomic mass is 10.1. The van der Waals surface area contributed by atoms with Crippen LogP contribution in [-0.2, 0) is 16.0 Å². The Labute approximate surface area is 123 Å². The number of aromatic amines is 1. The van der Waals surface area contributed by atoms with Gasteiger partial charge in [0.25, 0.3) is 5.56 Å². The van der Waals surface area contributed by atoms with E-state index in [1.807, 2.05) is 0 Å². The van der Waals surface area contributed by atoms with Crippen LogP contribution in [0.5, 0.6) is 0 Å². The number of hydrogen-bond acceptors (Lipinski definition) is 4. The Hall–Kier alpha value is -2.18. The van der Waals surface area contributed by atoms with Crippen LogP contribution in [0.3, 0.4) is 0 Å². The first-order valence-corrected chi connectivity index (χ1v) is 6.75. The molecule has 21 heavy (non-hydrogen) atoms. The molecule has 0 aromatic carbocycles. The van der Waals surface area contributed by atoms with Gasteiger partial charge in [0.2, 0.25) is 5.91 Å². The fourth-order valence-corrected chi connectivity index (χ4v) is 2.06. The third kappa shape index (κ3) is 4.70. The van der Waals surface area contributed by atoms with Crippen LogP contribution in [0, 0.1) is 19.8 Å². The predicted octanol–water partition coefficient (Wildman–Crippen LogP) is 0.498. The molecule has 116 valence electrons. The van der Waals surface area contributed by atoms with Gasteiger partial charge in [-0.3, -0.25) is 14.4 Å². The van der Waals surface area contributed by atoms with Crippen molar-refractivity contribution in [1.29, 1.82) is 0 Å². The Morgan fingerprint density at radius 2 is 2.00 bits per heavy atom. The molecule has 0 bridgehead atoms. The number of nitrogens with zero attached hydrogens (tertiary/aromatic N) is 2. The molecule has 0 fully saturated rings. The van der Waals surface area contributed by atoms with E-state index in [0.29, 0.717) is 23.5 Å². The van der Waals surface area contributed by atoms with Crippen molar-refractivity contribution < 1.29 is 14.7 Å². The van der Waals surface area contributed by atoms with E-state index >= 15 is 0 Å². The predicted molar refractivity (Wildman–Crippen MR) is 77.1 cm³/mol. The van der Waals surface area contributed by atoms with E-state index in [1.54, 1.807) is 27.8 Å². The number of nitrogens with one attached hydrogen (secondary N) is 1. The van der Waals surface area contributed by atoms with E-state index < -0.39 is 11.9 Å². The van der Waals surface area contributed by atoms with Crippen molar-refractivity contribution in [3.05, 3.63) is 27.4 Å². The molecule has 2 N–H and O–H groups in total. The Balaban J connectivity index is 2.65. The highest BCUT2D eigenvalue weighted by molar-refractivity contribution is 5.77. The lowest BCUT2D eigenvalue weighted by Crippen LogP contribution is -2.34. The van der Waals surface area contributed by atoms with Crippen molar-refractivity contribution in [2.24, 2.45) is 5.92 Å². The minimum atomic E-state index is -0.940. The largest absolute Gasteiger partial charge is 0.481 e. The molecule has 0 aliphatic rings. The van der Waals surface area contributed by atoms with Gasteiger partial charge in [0, 0.05) is 31.3 Å². The zero-order valence-electron chi connectivity index (χ0n) is 12.8.